The minimum atomic E-state index is -0.325. The molecule has 0 saturated carbocycles. The highest BCUT2D eigenvalue weighted by molar-refractivity contribution is 7.98. The van der Waals surface area contributed by atoms with Crippen molar-refractivity contribution in [3.05, 3.63) is 106 Å². The van der Waals surface area contributed by atoms with E-state index in [1.165, 1.54) is 5.56 Å². The highest BCUT2D eigenvalue weighted by Crippen LogP contribution is 2.31. The van der Waals surface area contributed by atoms with Gasteiger partial charge in [-0.1, -0.05) is 72.4 Å². The van der Waals surface area contributed by atoms with Gasteiger partial charge in [0.05, 0.1) is 5.69 Å². The van der Waals surface area contributed by atoms with Crippen molar-refractivity contribution in [2.24, 2.45) is 0 Å². The lowest BCUT2D eigenvalue weighted by Crippen LogP contribution is -2.00. The lowest BCUT2D eigenvalue weighted by atomic mass is 10.0. The Balaban J connectivity index is 1.46. The number of nitrogens with zero attached hydrogens (tertiary/aromatic N) is 1. The molecule has 5 aromatic rings. The summed E-state index contributed by atoms with van der Waals surface area (Å²) in [6.07, 6.45) is 0.798. The standard InChI is InChI=1S/C25H20N2O2S/c1-16-21(13-17-7-3-2-4-8-17)27-25(26-16)30-15-19-14-23(28)29-22-12-11-18-9-5-6-10-20(18)24(19)22/h2-12,14H,13,15H2,1H3,(H,26,27). The van der Waals surface area contributed by atoms with Crippen LogP contribution in [0.4, 0.5) is 0 Å². The summed E-state index contributed by atoms with van der Waals surface area (Å²) in [7, 11) is 0. The van der Waals surface area contributed by atoms with Gasteiger partial charge in [0.2, 0.25) is 0 Å². The van der Waals surface area contributed by atoms with Crippen molar-refractivity contribution in [2.75, 3.05) is 0 Å². The zero-order valence-corrected chi connectivity index (χ0v) is 17.3. The molecule has 0 radical (unpaired) electrons. The Hall–Kier alpha value is -3.31. The number of rotatable bonds is 5. The van der Waals surface area contributed by atoms with Crippen LogP contribution >= 0.6 is 11.8 Å². The van der Waals surface area contributed by atoms with E-state index in [9.17, 15) is 4.79 Å². The summed E-state index contributed by atoms with van der Waals surface area (Å²) >= 11 is 1.60. The minimum Gasteiger partial charge on any atom is -0.423 e. The molecule has 2 aromatic heterocycles. The number of thioether (sulfide) groups is 1. The second kappa shape index (κ2) is 7.84. The first-order chi connectivity index (χ1) is 14.7. The monoisotopic (exact) mass is 412 g/mol. The van der Waals surface area contributed by atoms with E-state index in [1.807, 2.05) is 42.5 Å². The fourth-order valence-electron chi connectivity index (χ4n) is 3.78. The highest BCUT2D eigenvalue weighted by Gasteiger charge is 2.12. The molecule has 2 heterocycles. The van der Waals surface area contributed by atoms with Gasteiger partial charge in [0.25, 0.3) is 0 Å². The van der Waals surface area contributed by atoms with Crippen LogP contribution in [-0.4, -0.2) is 9.97 Å². The van der Waals surface area contributed by atoms with E-state index in [0.717, 1.165) is 44.7 Å². The predicted molar refractivity (Wildman–Crippen MR) is 122 cm³/mol. The molecular weight excluding hydrogens is 392 g/mol. The first kappa shape index (κ1) is 18.7. The Morgan fingerprint density at radius 1 is 1.00 bits per heavy atom. The largest absolute Gasteiger partial charge is 0.423 e. The minimum absolute atomic E-state index is 0.325. The fraction of sp³-hybridized carbons (Fsp3) is 0.120. The predicted octanol–water partition coefficient (Wildman–Crippen LogP) is 5.86. The van der Waals surface area contributed by atoms with Crippen molar-refractivity contribution in [2.45, 2.75) is 24.3 Å². The number of aromatic nitrogens is 2. The Morgan fingerprint density at radius 2 is 1.80 bits per heavy atom. The first-order valence-electron chi connectivity index (χ1n) is 9.84. The van der Waals surface area contributed by atoms with Crippen molar-refractivity contribution in [1.29, 1.82) is 0 Å². The van der Waals surface area contributed by atoms with Gasteiger partial charge in [-0.3, -0.25) is 0 Å². The average Bonchev–Trinajstić information content (AvgIpc) is 3.11. The van der Waals surface area contributed by atoms with Crippen LogP contribution in [0.5, 0.6) is 0 Å². The number of nitrogens with one attached hydrogen (secondary N) is 1. The molecule has 0 unspecified atom stereocenters. The number of H-pyrrole nitrogens is 1. The molecule has 0 fully saturated rings. The van der Waals surface area contributed by atoms with E-state index < -0.39 is 0 Å². The normalized spacial score (nSPS) is 11.4. The summed E-state index contributed by atoms with van der Waals surface area (Å²) in [5.74, 6) is 0.633. The lowest BCUT2D eigenvalue weighted by Gasteiger charge is -2.08. The molecule has 0 aliphatic carbocycles. The molecule has 4 nitrogen and oxygen atoms in total. The quantitative estimate of drug-likeness (QED) is 0.223. The van der Waals surface area contributed by atoms with Gasteiger partial charge < -0.3 is 9.40 Å². The van der Waals surface area contributed by atoms with Crippen LogP contribution in [0.2, 0.25) is 0 Å². The van der Waals surface area contributed by atoms with Crippen molar-refractivity contribution in [1.82, 2.24) is 9.97 Å². The van der Waals surface area contributed by atoms with Crippen LogP contribution in [-0.2, 0) is 12.2 Å². The fourth-order valence-corrected chi connectivity index (χ4v) is 4.70. The molecule has 5 rings (SSSR count). The van der Waals surface area contributed by atoms with Crippen LogP contribution in [0.15, 0.2) is 87.2 Å². The van der Waals surface area contributed by atoms with E-state index in [4.69, 9.17) is 9.40 Å². The third-order valence-corrected chi connectivity index (χ3v) is 6.18. The van der Waals surface area contributed by atoms with E-state index in [1.54, 1.807) is 17.8 Å². The van der Waals surface area contributed by atoms with Crippen molar-refractivity contribution >= 4 is 33.5 Å². The third kappa shape index (κ3) is 3.64. The Kier molecular flexibility index (Phi) is 4.89. The van der Waals surface area contributed by atoms with Crippen LogP contribution in [0.3, 0.4) is 0 Å². The van der Waals surface area contributed by atoms with Crippen LogP contribution < -0.4 is 5.63 Å². The van der Waals surface area contributed by atoms with E-state index in [0.29, 0.717) is 11.3 Å². The smallest absolute Gasteiger partial charge is 0.336 e. The van der Waals surface area contributed by atoms with E-state index in [-0.39, 0.29) is 5.63 Å². The van der Waals surface area contributed by atoms with Crippen molar-refractivity contribution in [3.63, 3.8) is 0 Å². The molecule has 30 heavy (non-hydrogen) atoms. The average molecular weight is 413 g/mol. The Morgan fingerprint density at radius 3 is 2.67 bits per heavy atom. The van der Waals surface area contributed by atoms with Gasteiger partial charge in [-0.2, -0.15) is 0 Å². The number of aryl methyl sites for hydroxylation is 1. The summed E-state index contributed by atoms with van der Waals surface area (Å²) in [4.78, 5) is 20.3. The molecule has 0 bridgehead atoms. The maximum absolute atomic E-state index is 12.1. The van der Waals surface area contributed by atoms with Gasteiger partial charge in [0, 0.05) is 29.3 Å². The molecule has 0 atom stereocenters. The Labute approximate surface area is 178 Å². The van der Waals surface area contributed by atoms with Gasteiger partial charge in [-0.05, 0) is 34.9 Å². The first-order valence-corrected chi connectivity index (χ1v) is 10.8. The van der Waals surface area contributed by atoms with Gasteiger partial charge in [-0.25, -0.2) is 9.78 Å². The molecule has 0 spiro atoms. The van der Waals surface area contributed by atoms with Crippen molar-refractivity contribution < 1.29 is 4.42 Å². The lowest BCUT2D eigenvalue weighted by molar-refractivity contribution is 0.560. The molecule has 3 aromatic carbocycles. The maximum Gasteiger partial charge on any atom is 0.336 e. The molecule has 0 saturated heterocycles. The Bertz CT molecular complexity index is 1400. The summed E-state index contributed by atoms with van der Waals surface area (Å²) in [6.45, 7) is 2.05. The van der Waals surface area contributed by atoms with Gasteiger partial charge in [0.15, 0.2) is 5.16 Å². The number of imidazole rings is 1. The highest BCUT2D eigenvalue weighted by atomic mass is 32.2. The number of hydrogen-bond acceptors (Lipinski definition) is 4. The molecule has 148 valence electrons. The van der Waals surface area contributed by atoms with Gasteiger partial charge in [0.1, 0.15) is 5.58 Å². The summed E-state index contributed by atoms with van der Waals surface area (Å²) in [6, 6.07) is 24.0. The molecule has 5 heteroatoms. The van der Waals surface area contributed by atoms with E-state index >= 15 is 0 Å². The number of hydrogen-bond donors (Lipinski definition) is 1. The third-order valence-electron chi connectivity index (χ3n) is 5.26. The summed E-state index contributed by atoms with van der Waals surface area (Å²) in [5, 5.41) is 4.08. The van der Waals surface area contributed by atoms with Crippen LogP contribution in [0.1, 0.15) is 22.5 Å². The molecule has 0 amide bonds. The topological polar surface area (TPSA) is 58.9 Å². The van der Waals surface area contributed by atoms with E-state index in [2.05, 4.69) is 36.2 Å². The zero-order valence-electron chi connectivity index (χ0n) is 16.5. The number of aromatic amines is 1. The molecule has 0 aliphatic rings. The SMILES string of the molecule is Cc1[nH]c(SCc2cc(=O)oc3ccc4ccccc4c23)nc1Cc1ccccc1. The second-order valence-corrected chi connectivity index (χ2v) is 8.28. The molecule has 1 N–H and O–H groups in total. The zero-order chi connectivity index (χ0) is 20.5. The van der Waals surface area contributed by atoms with Crippen LogP contribution in [0.25, 0.3) is 21.7 Å². The number of benzene rings is 3. The van der Waals surface area contributed by atoms with Crippen LogP contribution in [0, 0.1) is 6.92 Å². The van der Waals surface area contributed by atoms with Gasteiger partial charge >= 0.3 is 5.63 Å². The van der Waals surface area contributed by atoms with Crippen molar-refractivity contribution in [3.8, 4) is 0 Å². The maximum atomic E-state index is 12.1. The second-order valence-electron chi connectivity index (χ2n) is 7.32. The molecular formula is C25H20N2O2S. The molecule has 0 aliphatic heterocycles. The summed E-state index contributed by atoms with van der Waals surface area (Å²) in [5.41, 5.74) is 4.62. The van der Waals surface area contributed by atoms with Gasteiger partial charge in [-0.15, -0.1) is 0 Å². The summed E-state index contributed by atoms with van der Waals surface area (Å²) < 4.78 is 5.46. The number of fused-ring (bicyclic) bond motifs is 3.